The van der Waals surface area contributed by atoms with Gasteiger partial charge in [0, 0.05) is 51.4 Å². The van der Waals surface area contributed by atoms with E-state index in [1.54, 1.807) is 0 Å². The minimum Gasteiger partial charge on any atom is -0.393 e. The van der Waals surface area contributed by atoms with Gasteiger partial charge in [-0.05, 0) is 58.6 Å². The van der Waals surface area contributed by atoms with Crippen molar-refractivity contribution in [1.29, 1.82) is 0 Å². The van der Waals surface area contributed by atoms with Gasteiger partial charge in [0.1, 0.15) is 0 Å². The molecular formula is C24H44IN5O. The van der Waals surface area contributed by atoms with Crippen LogP contribution in [0.4, 0.5) is 0 Å². The molecule has 2 rings (SSSR count). The van der Waals surface area contributed by atoms with E-state index in [4.69, 9.17) is 4.99 Å². The summed E-state index contributed by atoms with van der Waals surface area (Å²) in [5, 5.41) is 16.5. The lowest BCUT2D eigenvalue weighted by Gasteiger charge is -2.30. The zero-order valence-electron chi connectivity index (χ0n) is 20.1. The van der Waals surface area contributed by atoms with Crippen LogP contribution in [0.5, 0.6) is 0 Å². The number of aliphatic imine (C=N–C) groups is 1. The fourth-order valence-corrected chi connectivity index (χ4v) is 4.01. The van der Waals surface area contributed by atoms with Gasteiger partial charge in [-0.3, -0.25) is 9.80 Å². The van der Waals surface area contributed by atoms with Gasteiger partial charge in [-0.2, -0.15) is 0 Å². The normalized spacial score (nSPS) is 16.1. The predicted octanol–water partition coefficient (Wildman–Crippen LogP) is 3.44. The molecule has 7 heteroatoms. The highest BCUT2D eigenvalue weighted by Crippen LogP contribution is 2.14. The number of guanidine groups is 1. The first-order valence-corrected chi connectivity index (χ1v) is 11.6. The van der Waals surface area contributed by atoms with Crippen LogP contribution in [0.15, 0.2) is 29.3 Å². The zero-order chi connectivity index (χ0) is 21.9. The Labute approximate surface area is 206 Å². The van der Waals surface area contributed by atoms with E-state index >= 15 is 0 Å². The maximum absolute atomic E-state index is 9.65. The molecule has 178 valence electrons. The monoisotopic (exact) mass is 545 g/mol. The van der Waals surface area contributed by atoms with Crippen LogP contribution in [0.25, 0.3) is 0 Å². The third-order valence-electron chi connectivity index (χ3n) is 5.74. The molecule has 1 saturated heterocycles. The van der Waals surface area contributed by atoms with E-state index in [0.29, 0.717) is 18.6 Å². The molecule has 0 aliphatic carbocycles. The van der Waals surface area contributed by atoms with Crippen molar-refractivity contribution in [3.8, 4) is 0 Å². The van der Waals surface area contributed by atoms with E-state index in [1.807, 2.05) is 0 Å². The van der Waals surface area contributed by atoms with Gasteiger partial charge in [-0.25, -0.2) is 4.99 Å². The van der Waals surface area contributed by atoms with Crippen LogP contribution in [-0.4, -0.2) is 71.8 Å². The molecule has 0 saturated carbocycles. The summed E-state index contributed by atoms with van der Waals surface area (Å²) in [6, 6.07) is 9.86. The number of piperidine rings is 1. The summed E-state index contributed by atoms with van der Waals surface area (Å²) in [6.45, 7) is 17.4. The van der Waals surface area contributed by atoms with E-state index in [-0.39, 0.29) is 30.1 Å². The number of benzene rings is 1. The third-order valence-corrected chi connectivity index (χ3v) is 5.74. The molecular weight excluding hydrogens is 501 g/mol. The van der Waals surface area contributed by atoms with Gasteiger partial charge in [0.25, 0.3) is 0 Å². The Hall–Kier alpha value is -0.900. The largest absolute Gasteiger partial charge is 0.393 e. The van der Waals surface area contributed by atoms with E-state index in [1.165, 1.54) is 11.1 Å². The summed E-state index contributed by atoms with van der Waals surface area (Å²) in [5.74, 6) is 0.876. The first-order valence-electron chi connectivity index (χ1n) is 11.6. The molecule has 3 N–H and O–H groups in total. The number of nitrogens with one attached hydrogen (secondary N) is 2. The quantitative estimate of drug-likeness (QED) is 0.239. The average Bonchev–Trinajstić information content (AvgIpc) is 2.71. The van der Waals surface area contributed by atoms with Crippen molar-refractivity contribution in [2.24, 2.45) is 4.99 Å². The van der Waals surface area contributed by atoms with Crippen LogP contribution < -0.4 is 10.6 Å². The molecule has 1 aliphatic heterocycles. The molecule has 0 amide bonds. The summed E-state index contributed by atoms with van der Waals surface area (Å²) in [4.78, 5) is 9.67. The Bertz CT molecular complexity index is 619. The van der Waals surface area contributed by atoms with Crippen molar-refractivity contribution in [3.63, 3.8) is 0 Å². The number of rotatable bonds is 10. The average molecular weight is 546 g/mol. The first kappa shape index (κ1) is 28.1. The summed E-state index contributed by atoms with van der Waals surface area (Å²) in [6.07, 6.45) is 1.66. The van der Waals surface area contributed by atoms with Crippen molar-refractivity contribution in [1.82, 2.24) is 20.4 Å². The van der Waals surface area contributed by atoms with Crippen LogP contribution in [-0.2, 0) is 13.1 Å². The minimum absolute atomic E-state index is 0. The maximum atomic E-state index is 9.65. The summed E-state index contributed by atoms with van der Waals surface area (Å²) < 4.78 is 0. The lowest BCUT2D eigenvalue weighted by atomic mass is 10.1. The molecule has 6 nitrogen and oxygen atoms in total. The Morgan fingerprint density at radius 1 is 1.06 bits per heavy atom. The predicted molar refractivity (Wildman–Crippen MR) is 142 cm³/mol. The molecule has 1 aliphatic rings. The molecule has 1 aromatic rings. The van der Waals surface area contributed by atoms with Crippen molar-refractivity contribution in [2.75, 3.05) is 32.7 Å². The Kier molecular flexibility index (Phi) is 13.6. The van der Waals surface area contributed by atoms with E-state index in [0.717, 1.165) is 58.1 Å². The number of aliphatic hydroxyl groups is 1. The van der Waals surface area contributed by atoms with Crippen molar-refractivity contribution in [3.05, 3.63) is 35.4 Å². The Morgan fingerprint density at radius 2 is 1.65 bits per heavy atom. The van der Waals surface area contributed by atoms with Gasteiger partial charge >= 0.3 is 0 Å². The summed E-state index contributed by atoms with van der Waals surface area (Å²) in [5.41, 5.74) is 2.54. The number of nitrogens with zero attached hydrogens (tertiary/aromatic N) is 3. The molecule has 0 aromatic heterocycles. The van der Waals surface area contributed by atoms with Gasteiger partial charge in [0.15, 0.2) is 5.96 Å². The molecule has 0 unspecified atom stereocenters. The van der Waals surface area contributed by atoms with Crippen LogP contribution in [0, 0.1) is 0 Å². The standard InChI is InChI=1S/C24H43N5O.HI/c1-6-25-24(26-13-16-29(19(2)3)20(4)5)27-17-21-7-9-22(10-8-21)18-28-14-11-23(30)12-15-28;/h7-10,19-20,23,30H,6,11-18H2,1-5H3,(H2,25,26,27);1H. The van der Waals surface area contributed by atoms with Gasteiger partial charge in [0.2, 0.25) is 0 Å². The van der Waals surface area contributed by atoms with E-state index in [2.05, 4.69) is 79.3 Å². The second kappa shape index (κ2) is 15.0. The van der Waals surface area contributed by atoms with Crippen molar-refractivity contribution >= 4 is 29.9 Å². The summed E-state index contributed by atoms with van der Waals surface area (Å²) >= 11 is 0. The molecule has 0 atom stereocenters. The highest BCUT2D eigenvalue weighted by molar-refractivity contribution is 14.0. The van der Waals surface area contributed by atoms with Gasteiger partial charge in [-0.1, -0.05) is 24.3 Å². The molecule has 31 heavy (non-hydrogen) atoms. The zero-order valence-corrected chi connectivity index (χ0v) is 22.4. The molecule has 0 bridgehead atoms. The minimum atomic E-state index is -0.111. The number of aliphatic hydroxyl groups excluding tert-OH is 1. The second-order valence-corrected chi connectivity index (χ2v) is 8.87. The SMILES string of the molecule is CCNC(=NCc1ccc(CN2CCC(O)CC2)cc1)NCCN(C(C)C)C(C)C.I. The number of hydrogen-bond acceptors (Lipinski definition) is 4. The molecule has 0 spiro atoms. The maximum Gasteiger partial charge on any atom is 0.191 e. The lowest BCUT2D eigenvalue weighted by molar-refractivity contribution is 0.0792. The fourth-order valence-electron chi connectivity index (χ4n) is 4.01. The van der Waals surface area contributed by atoms with Crippen LogP contribution in [0.1, 0.15) is 58.6 Å². The topological polar surface area (TPSA) is 63.1 Å². The Morgan fingerprint density at radius 3 is 2.19 bits per heavy atom. The third kappa shape index (κ3) is 10.5. The van der Waals surface area contributed by atoms with Crippen LogP contribution in [0.2, 0.25) is 0 Å². The highest BCUT2D eigenvalue weighted by atomic mass is 127. The number of halogens is 1. The van der Waals surface area contributed by atoms with Crippen molar-refractivity contribution in [2.45, 2.75) is 78.7 Å². The molecule has 1 aromatic carbocycles. The first-order chi connectivity index (χ1) is 14.4. The van der Waals surface area contributed by atoms with Crippen LogP contribution >= 0.6 is 24.0 Å². The highest BCUT2D eigenvalue weighted by Gasteiger charge is 2.16. The van der Waals surface area contributed by atoms with Crippen molar-refractivity contribution < 1.29 is 5.11 Å². The summed E-state index contributed by atoms with van der Waals surface area (Å²) in [7, 11) is 0. The number of hydrogen-bond donors (Lipinski definition) is 3. The smallest absolute Gasteiger partial charge is 0.191 e. The lowest BCUT2D eigenvalue weighted by Crippen LogP contribution is -2.45. The van der Waals surface area contributed by atoms with Crippen LogP contribution in [0.3, 0.4) is 0 Å². The second-order valence-electron chi connectivity index (χ2n) is 8.87. The van der Waals surface area contributed by atoms with Gasteiger partial charge < -0.3 is 15.7 Å². The Balaban J connectivity index is 0.00000480. The fraction of sp³-hybridized carbons (Fsp3) is 0.708. The molecule has 0 radical (unpaired) electrons. The van der Waals surface area contributed by atoms with Gasteiger partial charge in [-0.15, -0.1) is 24.0 Å². The molecule has 1 heterocycles. The number of likely N-dealkylation sites (tertiary alicyclic amines) is 1. The van der Waals surface area contributed by atoms with E-state index < -0.39 is 0 Å². The van der Waals surface area contributed by atoms with Gasteiger partial charge in [0.05, 0.1) is 12.6 Å². The van der Waals surface area contributed by atoms with E-state index in [9.17, 15) is 5.11 Å². The molecule has 1 fully saturated rings.